The van der Waals surface area contributed by atoms with Crippen molar-refractivity contribution in [2.75, 3.05) is 30.8 Å². The Morgan fingerprint density at radius 2 is 1.73 bits per heavy atom. The number of carbonyl (C=O) groups is 1. The highest BCUT2D eigenvalue weighted by Gasteiger charge is 2.52. The molecule has 30 heavy (non-hydrogen) atoms. The van der Waals surface area contributed by atoms with Crippen molar-refractivity contribution in [1.29, 1.82) is 0 Å². The smallest absolute Gasteiger partial charge is 0.230 e. The van der Waals surface area contributed by atoms with Gasteiger partial charge in [-0.25, -0.2) is 4.98 Å². The zero-order valence-electron chi connectivity index (χ0n) is 16.8. The van der Waals surface area contributed by atoms with Gasteiger partial charge in [0.1, 0.15) is 17.4 Å². The minimum atomic E-state index is -0.467. The van der Waals surface area contributed by atoms with Crippen molar-refractivity contribution in [2.24, 2.45) is 0 Å². The molecule has 2 aromatic heterocycles. The lowest BCUT2D eigenvalue weighted by Crippen LogP contribution is -2.37. The summed E-state index contributed by atoms with van der Waals surface area (Å²) in [6.45, 7) is 1.04. The number of aromatic nitrogens is 3. The summed E-state index contributed by atoms with van der Waals surface area (Å²) in [5.74, 6) is 2.76. The maximum atomic E-state index is 12.8. The minimum Gasteiger partial charge on any atom is -0.496 e. The van der Waals surface area contributed by atoms with Crippen LogP contribution in [0.2, 0.25) is 0 Å². The lowest BCUT2D eigenvalue weighted by molar-refractivity contribution is -0.123. The molecule has 1 fully saturated rings. The minimum absolute atomic E-state index is 0.0368. The number of amides is 1. The average molecular weight is 404 g/mol. The van der Waals surface area contributed by atoms with Gasteiger partial charge in [-0.2, -0.15) is 0 Å². The van der Waals surface area contributed by atoms with E-state index >= 15 is 0 Å². The number of hydrogen-bond acceptors (Lipinski definition) is 7. The van der Waals surface area contributed by atoms with Gasteiger partial charge >= 0.3 is 0 Å². The van der Waals surface area contributed by atoms with Crippen LogP contribution >= 0.6 is 0 Å². The summed E-state index contributed by atoms with van der Waals surface area (Å²) in [7, 11) is 1.63. The number of rotatable bonds is 9. The maximum absolute atomic E-state index is 12.8. The fraction of sp³-hybridized carbons (Fsp3) is 0.273. The first kappa shape index (κ1) is 19.6. The van der Waals surface area contributed by atoms with Crippen molar-refractivity contribution in [3.05, 3.63) is 66.4 Å². The van der Waals surface area contributed by atoms with Crippen LogP contribution < -0.4 is 20.7 Å². The van der Waals surface area contributed by atoms with Crippen molar-refractivity contribution < 1.29 is 9.53 Å². The summed E-state index contributed by atoms with van der Waals surface area (Å²) < 4.78 is 5.44. The highest BCUT2D eigenvalue weighted by molar-refractivity contribution is 5.92. The van der Waals surface area contributed by atoms with E-state index in [1.165, 1.54) is 0 Å². The predicted molar refractivity (Wildman–Crippen MR) is 115 cm³/mol. The van der Waals surface area contributed by atoms with Crippen molar-refractivity contribution in [1.82, 2.24) is 20.5 Å². The highest BCUT2D eigenvalue weighted by atomic mass is 16.5. The fourth-order valence-electron chi connectivity index (χ4n) is 3.38. The Morgan fingerprint density at radius 3 is 2.43 bits per heavy atom. The summed E-state index contributed by atoms with van der Waals surface area (Å²) in [5, 5.41) is 17.5. The normalized spacial score (nSPS) is 13.9. The summed E-state index contributed by atoms with van der Waals surface area (Å²) in [6, 6.07) is 17.0. The van der Waals surface area contributed by atoms with E-state index < -0.39 is 5.41 Å². The number of anilines is 3. The fourth-order valence-corrected chi connectivity index (χ4v) is 3.38. The zero-order chi connectivity index (χ0) is 20.8. The third kappa shape index (κ3) is 4.32. The van der Waals surface area contributed by atoms with Crippen molar-refractivity contribution >= 4 is 23.4 Å². The summed E-state index contributed by atoms with van der Waals surface area (Å²) in [4.78, 5) is 17.0. The van der Waals surface area contributed by atoms with Gasteiger partial charge in [0.05, 0.1) is 12.5 Å². The Labute approximate surface area is 175 Å². The molecular weight excluding hydrogens is 380 g/mol. The van der Waals surface area contributed by atoms with E-state index in [0.717, 1.165) is 24.2 Å². The van der Waals surface area contributed by atoms with Gasteiger partial charge in [-0.1, -0.05) is 24.3 Å². The van der Waals surface area contributed by atoms with Crippen molar-refractivity contribution in [2.45, 2.75) is 18.3 Å². The van der Waals surface area contributed by atoms with Gasteiger partial charge < -0.3 is 20.7 Å². The monoisotopic (exact) mass is 404 g/mol. The molecule has 4 rings (SSSR count). The summed E-state index contributed by atoms with van der Waals surface area (Å²) in [5.41, 5.74) is 0.491. The van der Waals surface area contributed by atoms with Gasteiger partial charge in [-0.15, -0.1) is 10.2 Å². The van der Waals surface area contributed by atoms with E-state index in [9.17, 15) is 4.79 Å². The Hall–Kier alpha value is -3.68. The molecule has 0 aliphatic heterocycles. The second kappa shape index (κ2) is 8.77. The van der Waals surface area contributed by atoms with Gasteiger partial charge in [-0.3, -0.25) is 4.79 Å². The number of para-hydroxylation sites is 1. The van der Waals surface area contributed by atoms with Crippen LogP contribution in [-0.2, 0) is 10.2 Å². The Bertz CT molecular complexity index is 990. The molecule has 0 atom stereocenters. The standard InChI is InChI=1S/C22H24N6O2/c1-30-17-7-3-2-6-16(17)22(11-12-22)21(29)25-15-14-24-19-9-10-20(28-27-19)26-18-8-4-5-13-23-18/h2-10,13H,11-12,14-15H2,1H3,(H,24,27)(H,25,29)(H,23,26,28). The van der Waals surface area contributed by atoms with Crippen LogP contribution in [0.25, 0.3) is 0 Å². The third-order valence-corrected chi connectivity index (χ3v) is 5.11. The van der Waals surface area contributed by atoms with E-state index in [2.05, 4.69) is 31.1 Å². The quantitative estimate of drug-likeness (QED) is 0.472. The molecular formula is C22H24N6O2. The van der Waals surface area contributed by atoms with E-state index in [1.54, 1.807) is 13.3 Å². The molecule has 0 saturated heterocycles. The first-order valence-corrected chi connectivity index (χ1v) is 9.89. The number of ether oxygens (including phenoxy) is 1. The molecule has 1 aromatic carbocycles. The van der Waals surface area contributed by atoms with E-state index in [0.29, 0.717) is 30.5 Å². The summed E-state index contributed by atoms with van der Waals surface area (Å²) >= 11 is 0. The van der Waals surface area contributed by atoms with E-state index in [1.807, 2.05) is 54.6 Å². The molecule has 0 unspecified atom stereocenters. The zero-order valence-corrected chi connectivity index (χ0v) is 16.8. The third-order valence-electron chi connectivity index (χ3n) is 5.11. The number of pyridine rings is 1. The van der Waals surface area contributed by atoms with Gasteiger partial charge in [0.15, 0.2) is 5.82 Å². The lowest BCUT2D eigenvalue weighted by atomic mass is 9.94. The van der Waals surface area contributed by atoms with Gasteiger partial charge in [0.2, 0.25) is 5.91 Å². The first-order chi connectivity index (χ1) is 14.7. The van der Waals surface area contributed by atoms with Crippen LogP contribution in [0.1, 0.15) is 18.4 Å². The molecule has 154 valence electrons. The van der Waals surface area contributed by atoms with Crippen LogP contribution in [0.5, 0.6) is 5.75 Å². The number of hydrogen-bond donors (Lipinski definition) is 3. The molecule has 0 radical (unpaired) electrons. The van der Waals surface area contributed by atoms with Crippen molar-refractivity contribution in [3.8, 4) is 5.75 Å². The number of nitrogens with zero attached hydrogens (tertiary/aromatic N) is 3. The molecule has 1 aliphatic rings. The van der Waals surface area contributed by atoms with Crippen LogP contribution in [0.3, 0.4) is 0 Å². The van der Waals surface area contributed by atoms with E-state index in [4.69, 9.17) is 4.74 Å². The first-order valence-electron chi connectivity index (χ1n) is 9.89. The maximum Gasteiger partial charge on any atom is 0.230 e. The second-order valence-corrected chi connectivity index (χ2v) is 7.11. The molecule has 8 heteroatoms. The molecule has 1 amide bonds. The van der Waals surface area contributed by atoms with Crippen LogP contribution in [-0.4, -0.2) is 41.3 Å². The molecule has 0 spiro atoms. The highest BCUT2D eigenvalue weighted by Crippen LogP contribution is 2.51. The summed E-state index contributed by atoms with van der Waals surface area (Å²) in [6.07, 6.45) is 3.38. The van der Waals surface area contributed by atoms with Gasteiger partial charge in [0.25, 0.3) is 0 Å². The number of carbonyl (C=O) groups excluding carboxylic acids is 1. The number of methoxy groups -OCH3 is 1. The molecule has 0 bridgehead atoms. The van der Waals surface area contributed by atoms with Gasteiger partial charge in [-0.05, 0) is 43.2 Å². The number of nitrogens with one attached hydrogen (secondary N) is 3. The van der Waals surface area contributed by atoms with E-state index in [-0.39, 0.29) is 5.91 Å². The Kier molecular flexibility index (Phi) is 5.74. The second-order valence-electron chi connectivity index (χ2n) is 7.11. The van der Waals surface area contributed by atoms with Crippen molar-refractivity contribution in [3.63, 3.8) is 0 Å². The molecule has 1 aliphatic carbocycles. The lowest BCUT2D eigenvalue weighted by Gasteiger charge is -2.18. The Balaban J connectivity index is 1.25. The van der Waals surface area contributed by atoms with Gasteiger partial charge in [0, 0.05) is 24.8 Å². The van der Waals surface area contributed by atoms with Crippen LogP contribution in [0.4, 0.5) is 17.5 Å². The molecule has 3 N–H and O–H groups in total. The topological polar surface area (TPSA) is 101 Å². The molecule has 2 heterocycles. The predicted octanol–water partition coefficient (Wildman–Crippen LogP) is 2.88. The Morgan fingerprint density at radius 1 is 0.967 bits per heavy atom. The van der Waals surface area contributed by atoms with Crippen LogP contribution in [0.15, 0.2) is 60.8 Å². The van der Waals surface area contributed by atoms with Crippen LogP contribution in [0, 0.1) is 0 Å². The molecule has 8 nitrogen and oxygen atoms in total. The molecule has 3 aromatic rings. The molecule has 1 saturated carbocycles. The SMILES string of the molecule is COc1ccccc1C1(C(=O)NCCNc2ccc(Nc3ccccn3)nn2)CC1. The average Bonchev–Trinajstić information content (AvgIpc) is 3.60. The number of benzene rings is 1. The largest absolute Gasteiger partial charge is 0.496 e.